The van der Waals surface area contributed by atoms with Crippen LogP contribution in [0, 0.1) is 11.3 Å². The van der Waals surface area contributed by atoms with E-state index in [-0.39, 0.29) is 5.91 Å². The second kappa shape index (κ2) is 7.57. The molecule has 0 aliphatic carbocycles. The van der Waals surface area contributed by atoms with E-state index in [4.69, 9.17) is 21.6 Å². The monoisotopic (exact) mass is 278 g/mol. The standard InChI is InChI=1S/C14H15ClN2O2/c1-3-4-7-19-10(2)14(18)17-12-5-6-13(15)11(8-12)9-16/h3,5-6,8,10H,1,4,7H2,2H3,(H,17,18). The molecule has 1 N–H and O–H groups in total. The number of halogens is 1. The van der Waals surface area contributed by atoms with Crippen molar-refractivity contribution in [2.75, 3.05) is 11.9 Å². The molecule has 100 valence electrons. The van der Waals surface area contributed by atoms with Crippen LogP contribution in [-0.4, -0.2) is 18.6 Å². The van der Waals surface area contributed by atoms with Crippen molar-refractivity contribution in [1.29, 1.82) is 5.26 Å². The molecule has 0 bridgehead atoms. The fourth-order valence-corrected chi connectivity index (χ4v) is 1.50. The lowest BCUT2D eigenvalue weighted by molar-refractivity contribution is -0.126. The number of amides is 1. The topological polar surface area (TPSA) is 62.1 Å². The molecule has 1 amide bonds. The molecule has 0 heterocycles. The second-order valence-corrected chi connectivity index (χ2v) is 4.29. The molecular formula is C14H15ClN2O2. The molecule has 0 radical (unpaired) electrons. The number of anilines is 1. The Labute approximate surface area is 117 Å². The maximum absolute atomic E-state index is 11.8. The molecule has 0 aliphatic rings. The molecule has 0 aliphatic heterocycles. The van der Waals surface area contributed by atoms with Gasteiger partial charge in [0.15, 0.2) is 0 Å². The van der Waals surface area contributed by atoms with Gasteiger partial charge in [0.05, 0.1) is 17.2 Å². The zero-order chi connectivity index (χ0) is 14.3. The highest BCUT2D eigenvalue weighted by molar-refractivity contribution is 6.31. The van der Waals surface area contributed by atoms with E-state index in [1.54, 1.807) is 25.1 Å². The summed E-state index contributed by atoms with van der Waals surface area (Å²) in [5, 5.41) is 11.9. The fraction of sp³-hybridized carbons (Fsp3) is 0.286. The highest BCUT2D eigenvalue weighted by Crippen LogP contribution is 2.19. The van der Waals surface area contributed by atoms with Gasteiger partial charge in [0.2, 0.25) is 0 Å². The van der Waals surface area contributed by atoms with Crippen molar-refractivity contribution < 1.29 is 9.53 Å². The molecule has 0 saturated heterocycles. The first-order chi connectivity index (χ1) is 9.08. The first-order valence-corrected chi connectivity index (χ1v) is 6.19. The molecule has 1 aromatic carbocycles. The summed E-state index contributed by atoms with van der Waals surface area (Å²) in [6, 6.07) is 6.68. The lowest BCUT2D eigenvalue weighted by Gasteiger charge is -2.13. The number of ether oxygens (including phenoxy) is 1. The van der Waals surface area contributed by atoms with Crippen molar-refractivity contribution in [2.45, 2.75) is 19.4 Å². The first kappa shape index (κ1) is 15.2. The number of nitrogens with zero attached hydrogens (tertiary/aromatic N) is 1. The summed E-state index contributed by atoms with van der Waals surface area (Å²) in [4.78, 5) is 11.8. The maximum atomic E-state index is 11.8. The van der Waals surface area contributed by atoms with Crippen molar-refractivity contribution in [3.05, 3.63) is 41.4 Å². The third-order valence-electron chi connectivity index (χ3n) is 2.41. The zero-order valence-corrected chi connectivity index (χ0v) is 11.4. The highest BCUT2D eigenvalue weighted by Gasteiger charge is 2.13. The van der Waals surface area contributed by atoms with Crippen LogP contribution in [-0.2, 0) is 9.53 Å². The smallest absolute Gasteiger partial charge is 0.253 e. The quantitative estimate of drug-likeness (QED) is 0.642. The van der Waals surface area contributed by atoms with Gasteiger partial charge in [0, 0.05) is 5.69 Å². The van der Waals surface area contributed by atoms with E-state index in [0.29, 0.717) is 29.3 Å². The summed E-state index contributed by atoms with van der Waals surface area (Å²) in [7, 11) is 0. The average Bonchev–Trinajstić information content (AvgIpc) is 2.41. The number of hydrogen-bond acceptors (Lipinski definition) is 3. The minimum atomic E-state index is -0.568. The molecule has 0 aromatic heterocycles. The van der Waals surface area contributed by atoms with Gasteiger partial charge in [0.1, 0.15) is 12.2 Å². The van der Waals surface area contributed by atoms with E-state index in [0.717, 1.165) is 0 Å². The summed E-state index contributed by atoms with van der Waals surface area (Å²) >= 11 is 5.81. The summed E-state index contributed by atoms with van der Waals surface area (Å²) in [6.07, 6.45) is 1.85. The van der Waals surface area contributed by atoms with Gasteiger partial charge < -0.3 is 10.1 Å². The Balaban J connectivity index is 2.61. The van der Waals surface area contributed by atoms with Crippen LogP contribution in [0.15, 0.2) is 30.9 Å². The van der Waals surface area contributed by atoms with Crippen LogP contribution in [0.4, 0.5) is 5.69 Å². The molecule has 1 unspecified atom stereocenters. The van der Waals surface area contributed by atoms with E-state index in [1.165, 1.54) is 6.07 Å². The van der Waals surface area contributed by atoms with Crippen molar-refractivity contribution >= 4 is 23.2 Å². The Kier molecular flexibility index (Phi) is 6.07. The average molecular weight is 279 g/mol. The van der Waals surface area contributed by atoms with Crippen LogP contribution in [0.3, 0.4) is 0 Å². The highest BCUT2D eigenvalue weighted by atomic mass is 35.5. The molecule has 1 atom stereocenters. The lowest BCUT2D eigenvalue weighted by Crippen LogP contribution is -2.28. The molecule has 1 aromatic rings. The number of carbonyl (C=O) groups excluding carboxylic acids is 1. The molecule has 4 nitrogen and oxygen atoms in total. The van der Waals surface area contributed by atoms with Crippen LogP contribution in [0.5, 0.6) is 0 Å². The van der Waals surface area contributed by atoms with Gasteiger partial charge >= 0.3 is 0 Å². The van der Waals surface area contributed by atoms with E-state index < -0.39 is 6.10 Å². The molecule has 0 spiro atoms. The summed E-state index contributed by atoms with van der Waals surface area (Å²) in [5.41, 5.74) is 0.838. The molecular weight excluding hydrogens is 264 g/mol. The molecule has 5 heteroatoms. The Bertz CT molecular complexity index is 509. The van der Waals surface area contributed by atoms with Gasteiger partial charge in [-0.05, 0) is 31.5 Å². The molecule has 19 heavy (non-hydrogen) atoms. The van der Waals surface area contributed by atoms with Gasteiger partial charge in [-0.15, -0.1) is 6.58 Å². The van der Waals surface area contributed by atoms with Gasteiger partial charge in [-0.2, -0.15) is 5.26 Å². The lowest BCUT2D eigenvalue weighted by atomic mass is 10.2. The summed E-state index contributed by atoms with van der Waals surface area (Å²) in [5.74, 6) is -0.268. The zero-order valence-electron chi connectivity index (χ0n) is 10.6. The van der Waals surface area contributed by atoms with Gasteiger partial charge in [-0.1, -0.05) is 17.7 Å². The van der Waals surface area contributed by atoms with Crippen LogP contribution < -0.4 is 5.32 Å². The number of hydrogen-bond donors (Lipinski definition) is 1. The van der Waals surface area contributed by atoms with Crippen molar-refractivity contribution in [1.82, 2.24) is 0 Å². The SMILES string of the molecule is C=CCCOC(C)C(=O)Nc1ccc(Cl)c(C#N)c1. The van der Waals surface area contributed by atoms with Crippen LogP contribution in [0.25, 0.3) is 0 Å². The van der Waals surface area contributed by atoms with Crippen LogP contribution in [0.1, 0.15) is 18.9 Å². The minimum Gasteiger partial charge on any atom is -0.368 e. The van der Waals surface area contributed by atoms with E-state index in [9.17, 15) is 4.79 Å². The van der Waals surface area contributed by atoms with Gasteiger partial charge in [-0.25, -0.2) is 0 Å². The fourth-order valence-electron chi connectivity index (χ4n) is 1.34. The summed E-state index contributed by atoms with van der Waals surface area (Å²) < 4.78 is 5.32. The largest absolute Gasteiger partial charge is 0.368 e. The molecule has 0 fully saturated rings. The van der Waals surface area contributed by atoms with E-state index in [2.05, 4.69) is 11.9 Å². The number of rotatable bonds is 6. The Morgan fingerprint density at radius 3 is 3.05 bits per heavy atom. The van der Waals surface area contributed by atoms with E-state index in [1.807, 2.05) is 6.07 Å². The predicted octanol–water partition coefficient (Wildman–Crippen LogP) is 3.13. The van der Waals surface area contributed by atoms with Crippen LogP contribution >= 0.6 is 11.6 Å². The maximum Gasteiger partial charge on any atom is 0.253 e. The third kappa shape index (κ3) is 4.74. The number of nitriles is 1. The first-order valence-electron chi connectivity index (χ1n) is 5.81. The summed E-state index contributed by atoms with van der Waals surface area (Å²) in [6.45, 7) is 5.69. The van der Waals surface area contributed by atoms with Crippen molar-refractivity contribution in [3.63, 3.8) is 0 Å². The Morgan fingerprint density at radius 1 is 1.68 bits per heavy atom. The van der Waals surface area contributed by atoms with E-state index >= 15 is 0 Å². The molecule has 1 rings (SSSR count). The normalized spacial score (nSPS) is 11.4. The van der Waals surface area contributed by atoms with Crippen molar-refractivity contribution in [3.8, 4) is 6.07 Å². The Hall–Kier alpha value is -1.83. The number of nitrogens with one attached hydrogen (secondary N) is 1. The van der Waals surface area contributed by atoms with Gasteiger partial charge in [0.25, 0.3) is 5.91 Å². The minimum absolute atomic E-state index is 0.268. The van der Waals surface area contributed by atoms with Gasteiger partial charge in [-0.3, -0.25) is 4.79 Å². The predicted molar refractivity (Wildman–Crippen MR) is 75.0 cm³/mol. The number of benzene rings is 1. The Morgan fingerprint density at radius 2 is 2.42 bits per heavy atom. The van der Waals surface area contributed by atoms with Crippen LogP contribution in [0.2, 0.25) is 5.02 Å². The van der Waals surface area contributed by atoms with Crippen molar-refractivity contribution in [2.24, 2.45) is 0 Å². The third-order valence-corrected chi connectivity index (χ3v) is 2.74. The number of carbonyl (C=O) groups is 1. The molecule has 0 saturated carbocycles. The second-order valence-electron chi connectivity index (χ2n) is 3.89.